The number of sulfone groups is 2. The van der Waals surface area contributed by atoms with Crippen molar-refractivity contribution in [3.05, 3.63) is 77.2 Å². The van der Waals surface area contributed by atoms with Crippen molar-refractivity contribution in [2.24, 2.45) is 5.92 Å². The first-order valence-electron chi connectivity index (χ1n) is 11.3. The number of hydrogen-bond donors (Lipinski definition) is 0. The minimum Gasteiger partial charge on any atom is -0.490 e. The zero-order valence-electron chi connectivity index (χ0n) is 19.2. The van der Waals surface area contributed by atoms with Gasteiger partial charge in [0.1, 0.15) is 16.9 Å². The minimum atomic E-state index is -4.39. The van der Waals surface area contributed by atoms with Crippen LogP contribution in [0.3, 0.4) is 0 Å². The van der Waals surface area contributed by atoms with E-state index in [-0.39, 0.29) is 36.0 Å². The fraction of sp³-hybridized carbons (Fsp3) is 0.333. The van der Waals surface area contributed by atoms with Crippen LogP contribution in [0.5, 0.6) is 5.75 Å². The number of halogens is 3. The molecule has 0 saturated carbocycles. The van der Waals surface area contributed by atoms with E-state index in [2.05, 4.69) is 9.97 Å². The average Bonchev–Trinajstić information content (AvgIpc) is 2.89. The molecule has 2 aliphatic heterocycles. The lowest BCUT2D eigenvalue weighted by Gasteiger charge is -2.50. The molecule has 3 aromatic rings. The Bertz CT molecular complexity index is 1540. The molecular formula is C24H21ClF2N2O6S2. The molecule has 8 nitrogen and oxygen atoms in total. The van der Waals surface area contributed by atoms with Crippen LogP contribution in [-0.4, -0.2) is 51.9 Å². The van der Waals surface area contributed by atoms with E-state index in [1.165, 1.54) is 36.5 Å². The van der Waals surface area contributed by atoms with Crippen LogP contribution in [0.15, 0.2) is 64.9 Å². The van der Waals surface area contributed by atoms with Crippen molar-refractivity contribution >= 4 is 31.3 Å². The van der Waals surface area contributed by atoms with E-state index in [0.29, 0.717) is 5.02 Å². The average molecular weight is 571 g/mol. The van der Waals surface area contributed by atoms with E-state index in [9.17, 15) is 21.2 Å². The summed E-state index contributed by atoms with van der Waals surface area (Å²) in [5, 5.41) is 0.120. The Morgan fingerprint density at radius 2 is 1.76 bits per heavy atom. The first kappa shape index (κ1) is 26.0. The highest BCUT2D eigenvalue weighted by Gasteiger charge is 2.61. The van der Waals surface area contributed by atoms with Gasteiger partial charge >= 0.3 is 0 Å². The number of benzene rings is 2. The molecule has 5 rings (SSSR count). The van der Waals surface area contributed by atoms with Gasteiger partial charge in [0, 0.05) is 23.7 Å². The van der Waals surface area contributed by atoms with E-state index >= 15 is 4.39 Å². The maximum absolute atomic E-state index is 15.4. The van der Waals surface area contributed by atoms with Gasteiger partial charge in [-0.15, -0.1) is 0 Å². The molecule has 0 N–H and O–H groups in total. The summed E-state index contributed by atoms with van der Waals surface area (Å²) in [5.74, 6) is -3.75. The van der Waals surface area contributed by atoms with Gasteiger partial charge in [0.15, 0.2) is 36.3 Å². The van der Waals surface area contributed by atoms with Gasteiger partial charge in [-0.05, 0) is 55.3 Å². The predicted molar refractivity (Wildman–Crippen MR) is 129 cm³/mol. The van der Waals surface area contributed by atoms with Crippen molar-refractivity contribution in [3.8, 4) is 5.75 Å². The van der Waals surface area contributed by atoms with E-state index in [4.69, 9.17) is 21.1 Å². The molecular weight excluding hydrogens is 550 g/mol. The van der Waals surface area contributed by atoms with Crippen molar-refractivity contribution in [2.75, 3.05) is 19.0 Å². The topological polar surface area (TPSA) is 113 Å². The number of aromatic nitrogens is 2. The summed E-state index contributed by atoms with van der Waals surface area (Å²) in [5.41, 5.74) is -0.411. The highest BCUT2D eigenvalue weighted by Crippen LogP contribution is 2.56. The fourth-order valence-electron chi connectivity index (χ4n) is 5.17. The van der Waals surface area contributed by atoms with Crippen LogP contribution in [0.4, 0.5) is 8.78 Å². The normalized spacial score (nSPS) is 23.5. The zero-order chi connectivity index (χ0) is 26.4. The van der Waals surface area contributed by atoms with Gasteiger partial charge in [-0.25, -0.2) is 35.6 Å². The highest BCUT2D eigenvalue weighted by atomic mass is 35.5. The maximum atomic E-state index is 15.4. The molecule has 2 aromatic carbocycles. The molecule has 0 bridgehead atoms. The van der Waals surface area contributed by atoms with Crippen molar-refractivity contribution in [1.29, 1.82) is 0 Å². The van der Waals surface area contributed by atoms with Crippen LogP contribution in [-0.2, 0) is 29.2 Å². The predicted octanol–water partition coefficient (Wildman–Crippen LogP) is 3.74. The van der Waals surface area contributed by atoms with E-state index in [0.717, 1.165) is 18.5 Å². The van der Waals surface area contributed by atoms with Gasteiger partial charge in [0.05, 0.1) is 28.9 Å². The van der Waals surface area contributed by atoms with Crippen molar-refractivity contribution in [1.82, 2.24) is 9.97 Å². The molecule has 0 amide bonds. The van der Waals surface area contributed by atoms with Crippen LogP contribution >= 0.6 is 11.6 Å². The molecule has 196 valence electrons. The molecule has 13 heteroatoms. The molecule has 0 spiro atoms. The summed E-state index contributed by atoms with van der Waals surface area (Å²) in [7, 11) is -8.24. The summed E-state index contributed by atoms with van der Waals surface area (Å²) in [4.78, 5) is 7.36. The lowest BCUT2D eigenvalue weighted by molar-refractivity contribution is -0.0732. The molecule has 3 atom stereocenters. The monoisotopic (exact) mass is 570 g/mol. The maximum Gasteiger partial charge on any atom is 0.195 e. The van der Waals surface area contributed by atoms with Crippen LogP contribution in [0.1, 0.15) is 18.4 Å². The second-order valence-corrected chi connectivity index (χ2v) is 13.5. The molecule has 3 heterocycles. The Morgan fingerprint density at radius 1 is 1.03 bits per heavy atom. The first-order valence-corrected chi connectivity index (χ1v) is 14.8. The largest absolute Gasteiger partial charge is 0.490 e. The third-order valence-electron chi connectivity index (χ3n) is 6.89. The van der Waals surface area contributed by atoms with Crippen LogP contribution in [0, 0.1) is 17.6 Å². The molecule has 1 saturated heterocycles. The SMILES string of the molecule is O=S(=O)(CC[C@@H]1OCC[C@@]2(S(=O)(=O)c3ccc(Cl)cc3)c3c(F)ccc(F)c3OCC12)c1ccncn1. The first-order chi connectivity index (χ1) is 17.6. The number of ether oxygens (including phenoxy) is 2. The third-order valence-corrected chi connectivity index (χ3v) is 11.4. The molecule has 1 unspecified atom stereocenters. The smallest absolute Gasteiger partial charge is 0.195 e. The molecule has 37 heavy (non-hydrogen) atoms. The minimum absolute atomic E-state index is 0.121. The number of fused-ring (bicyclic) bond motifs is 3. The van der Waals surface area contributed by atoms with Crippen molar-refractivity contribution < 1.29 is 35.1 Å². The van der Waals surface area contributed by atoms with Gasteiger partial charge < -0.3 is 9.47 Å². The second kappa shape index (κ2) is 9.57. The molecule has 1 aromatic heterocycles. The van der Waals surface area contributed by atoms with Crippen molar-refractivity contribution in [2.45, 2.75) is 33.6 Å². The van der Waals surface area contributed by atoms with E-state index in [1.807, 2.05) is 0 Å². The van der Waals surface area contributed by atoms with Crippen molar-refractivity contribution in [3.63, 3.8) is 0 Å². The summed E-state index contributed by atoms with van der Waals surface area (Å²) in [6.45, 7) is -0.449. The Kier molecular flexibility index (Phi) is 6.71. The molecule has 0 aliphatic carbocycles. The van der Waals surface area contributed by atoms with Gasteiger partial charge in [0.2, 0.25) is 0 Å². The quantitative estimate of drug-likeness (QED) is 0.412. The summed E-state index contributed by atoms with van der Waals surface area (Å²) >= 11 is 5.96. The molecule has 0 radical (unpaired) electrons. The fourth-order valence-corrected chi connectivity index (χ4v) is 8.87. The van der Waals surface area contributed by atoms with Crippen LogP contribution in [0.2, 0.25) is 5.02 Å². The highest BCUT2D eigenvalue weighted by molar-refractivity contribution is 7.92. The number of rotatable bonds is 6. The van der Waals surface area contributed by atoms with Crippen LogP contribution < -0.4 is 4.74 Å². The van der Waals surface area contributed by atoms with Gasteiger partial charge in [-0.3, -0.25) is 0 Å². The lowest BCUT2D eigenvalue weighted by Crippen LogP contribution is -2.57. The Hall–Kier alpha value is -2.67. The Labute approximate surface area is 217 Å². The zero-order valence-corrected chi connectivity index (χ0v) is 21.6. The third kappa shape index (κ3) is 4.29. The summed E-state index contributed by atoms with van der Waals surface area (Å²) in [6.07, 6.45) is 1.14. The lowest BCUT2D eigenvalue weighted by atomic mass is 9.75. The van der Waals surface area contributed by atoms with E-state index < -0.39 is 65.1 Å². The summed E-state index contributed by atoms with van der Waals surface area (Å²) < 4.78 is 93.9. The van der Waals surface area contributed by atoms with Crippen LogP contribution in [0.25, 0.3) is 0 Å². The molecule has 1 fully saturated rings. The number of hydrogen-bond acceptors (Lipinski definition) is 8. The van der Waals surface area contributed by atoms with Gasteiger partial charge in [0.25, 0.3) is 0 Å². The van der Waals surface area contributed by atoms with Gasteiger partial charge in [-0.2, -0.15) is 0 Å². The van der Waals surface area contributed by atoms with Gasteiger partial charge in [-0.1, -0.05) is 11.6 Å². The Morgan fingerprint density at radius 3 is 2.46 bits per heavy atom. The Balaban J connectivity index is 1.62. The molecule has 2 aliphatic rings. The standard InChI is InChI=1S/C24H21ClF2N2O6S2/c25-15-1-3-16(4-2-15)37(32,33)24-9-11-34-20(8-12-36(30,31)21-7-10-28-14-29-21)17(24)13-35-23-19(27)6-5-18(26)22(23)24/h1-7,10,14,17,20H,8-9,11-13H2/t17?,20-,24-/m0/s1. The van der Waals surface area contributed by atoms with E-state index in [1.54, 1.807) is 0 Å². The number of nitrogens with zero attached hydrogens (tertiary/aromatic N) is 2. The summed E-state index contributed by atoms with van der Waals surface area (Å²) in [6, 6.07) is 8.40. The second-order valence-electron chi connectivity index (χ2n) is 8.81.